The van der Waals surface area contributed by atoms with Crippen LogP contribution in [0.3, 0.4) is 0 Å². The predicted octanol–water partition coefficient (Wildman–Crippen LogP) is -0.531. The molecule has 0 aliphatic carbocycles. The number of aromatic nitrogens is 3. The van der Waals surface area contributed by atoms with E-state index in [1.54, 1.807) is 24.3 Å². The third-order valence-corrected chi connectivity index (χ3v) is 2.85. The summed E-state index contributed by atoms with van der Waals surface area (Å²) in [6.07, 6.45) is 0. The molecule has 0 aliphatic rings. The minimum atomic E-state index is -0.799. The summed E-state index contributed by atoms with van der Waals surface area (Å²) < 4.78 is 5.44. The van der Waals surface area contributed by atoms with Gasteiger partial charge in [0.1, 0.15) is 18.1 Å². The number of carbonyl (C=O) groups is 2. The van der Waals surface area contributed by atoms with Gasteiger partial charge in [-0.2, -0.15) is 0 Å². The van der Waals surface area contributed by atoms with Gasteiger partial charge in [0.2, 0.25) is 5.91 Å². The molecule has 0 fully saturated rings. The Balaban J connectivity index is 2.17. The summed E-state index contributed by atoms with van der Waals surface area (Å²) in [5.41, 5.74) is 0.0450. The Bertz CT molecular complexity index is 740. The molecule has 1 N–H and O–H groups in total. The van der Waals surface area contributed by atoms with Crippen LogP contribution >= 0.6 is 0 Å². The first-order valence-electron chi connectivity index (χ1n) is 6.22. The number of benzene rings is 1. The van der Waals surface area contributed by atoms with Crippen molar-refractivity contribution in [1.29, 1.82) is 0 Å². The zero-order valence-corrected chi connectivity index (χ0v) is 11.6. The van der Waals surface area contributed by atoms with Gasteiger partial charge in [0.25, 0.3) is 5.56 Å². The molecule has 8 nitrogen and oxygen atoms in total. The largest absolute Gasteiger partial charge is 0.467 e. The van der Waals surface area contributed by atoms with E-state index in [9.17, 15) is 14.4 Å². The van der Waals surface area contributed by atoms with E-state index in [-0.39, 0.29) is 6.54 Å². The maximum Gasteiger partial charge on any atom is 0.328 e. The number of nitrogens with one attached hydrogen (secondary N) is 1. The zero-order valence-electron chi connectivity index (χ0n) is 11.6. The fourth-order valence-corrected chi connectivity index (χ4v) is 1.79. The topological polar surface area (TPSA) is 103 Å². The molecule has 2 aromatic rings. The van der Waals surface area contributed by atoms with Crippen molar-refractivity contribution in [3.05, 3.63) is 34.6 Å². The molecule has 8 heteroatoms. The summed E-state index contributed by atoms with van der Waals surface area (Å²) in [6, 6.07) is 5.91. The molecule has 1 heterocycles. The van der Waals surface area contributed by atoms with Crippen LogP contribution in [-0.2, 0) is 20.9 Å². The van der Waals surface area contributed by atoms with Crippen molar-refractivity contribution in [3.63, 3.8) is 0 Å². The number of methoxy groups -OCH3 is 1. The van der Waals surface area contributed by atoms with E-state index in [0.29, 0.717) is 10.9 Å². The Morgan fingerprint density at radius 1 is 1.38 bits per heavy atom. The lowest BCUT2D eigenvalue weighted by atomic mass is 10.2. The molecule has 110 valence electrons. The number of esters is 1. The summed E-state index contributed by atoms with van der Waals surface area (Å²) in [6.45, 7) is 1.16. The van der Waals surface area contributed by atoms with Crippen molar-refractivity contribution in [1.82, 2.24) is 20.3 Å². The van der Waals surface area contributed by atoms with Gasteiger partial charge in [0.15, 0.2) is 0 Å². The van der Waals surface area contributed by atoms with Gasteiger partial charge in [0, 0.05) is 0 Å². The van der Waals surface area contributed by atoms with Crippen LogP contribution in [0.5, 0.6) is 0 Å². The standard InChI is InChI=1S/C13H14N4O4/c1-8(13(20)21-2)14-11(18)7-17-12(19)9-5-3-4-6-10(9)15-16-17/h3-6,8H,7H2,1-2H3,(H,14,18)/t8-/m1/s1. The first-order chi connectivity index (χ1) is 10.0. The second kappa shape index (κ2) is 6.12. The van der Waals surface area contributed by atoms with Gasteiger partial charge in [-0.25, -0.2) is 9.48 Å². The van der Waals surface area contributed by atoms with Crippen molar-refractivity contribution >= 4 is 22.8 Å². The average Bonchev–Trinajstić information content (AvgIpc) is 2.49. The quantitative estimate of drug-likeness (QED) is 0.759. The molecule has 0 aliphatic heterocycles. The number of rotatable bonds is 4. The van der Waals surface area contributed by atoms with Crippen molar-refractivity contribution in [2.24, 2.45) is 0 Å². The van der Waals surface area contributed by atoms with Crippen LogP contribution in [0.2, 0.25) is 0 Å². The maximum absolute atomic E-state index is 12.1. The molecule has 0 radical (unpaired) electrons. The van der Waals surface area contributed by atoms with Gasteiger partial charge < -0.3 is 10.1 Å². The molecular formula is C13H14N4O4. The van der Waals surface area contributed by atoms with Gasteiger partial charge >= 0.3 is 5.97 Å². The lowest BCUT2D eigenvalue weighted by Gasteiger charge is -2.11. The Labute approximate surface area is 119 Å². The highest BCUT2D eigenvalue weighted by Gasteiger charge is 2.17. The van der Waals surface area contributed by atoms with Gasteiger partial charge in [-0.3, -0.25) is 9.59 Å². The molecule has 1 aromatic heterocycles. The molecule has 0 bridgehead atoms. The molecule has 1 aromatic carbocycles. The van der Waals surface area contributed by atoms with Crippen LogP contribution in [0.15, 0.2) is 29.1 Å². The molecule has 1 amide bonds. The maximum atomic E-state index is 12.1. The molecule has 2 rings (SSSR count). The van der Waals surface area contributed by atoms with Crippen molar-refractivity contribution in [2.75, 3.05) is 7.11 Å². The van der Waals surface area contributed by atoms with Gasteiger partial charge in [-0.15, -0.1) is 5.10 Å². The second-order valence-electron chi connectivity index (χ2n) is 4.38. The van der Waals surface area contributed by atoms with E-state index in [1.165, 1.54) is 14.0 Å². The van der Waals surface area contributed by atoms with Crippen LogP contribution in [0, 0.1) is 0 Å². The smallest absolute Gasteiger partial charge is 0.328 e. The third-order valence-electron chi connectivity index (χ3n) is 2.85. The van der Waals surface area contributed by atoms with Crippen LogP contribution < -0.4 is 10.9 Å². The molecule has 21 heavy (non-hydrogen) atoms. The van der Waals surface area contributed by atoms with Gasteiger partial charge in [0.05, 0.1) is 12.5 Å². The zero-order chi connectivity index (χ0) is 15.4. The van der Waals surface area contributed by atoms with E-state index in [1.807, 2.05) is 0 Å². The van der Waals surface area contributed by atoms with E-state index in [4.69, 9.17) is 0 Å². The minimum Gasteiger partial charge on any atom is -0.467 e. The summed E-state index contributed by atoms with van der Waals surface area (Å²) >= 11 is 0. The van der Waals surface area contributed by atoms with Crippen molar-refractivity contribution in [2.45, 2.75) is 19.5 Å². The summed E-state index contributed by atoms with van der Waals surface area (Å²) in [5, 5.41) is 10.4. The lowest BCUT2D eigenvalue weighted by Crippen LogP contribution is -2.42. The number of ether oxygens (including phenoxy) is 1. The summed E-state index contributed by atoms with van der Waals surface area (Å²) in [5.74, 6) is -1.10. The highest BCUT2D eigenvalue weighted by molar-refractivity contribution is 5.84. The molecule has 1 atom stereocenters. The summed E-state index contributed by atoms with van der Waals surface area (Å²) in [4.78, 5) is 35.1. The van der Waals surface area contributed by atoms with Crippen LogP contribution in [0.4, 0.5) is 0 Å². The molecular weight excluding hydrogens is 276 g/mol. The van der Waals surface area contributed by atoms with Crippen molar-refractivity contribution in [3.8, 4) is 0 Å². The van der Waals surface area contributed by atoms with E-state index >= 15 is 0 Å². The Kier molecular flexibility index (Phi) is 4.27. The number of hydrogen-bond donors (Lipinski definition) is 1. The van der Waals surface area contributed by atoms with Gasteiger partial charge in [-0.1, -0.05) is 17.3 Å². The normalized spacial score (nSPS) is 11.9. The fourth-order valence-electron chi connectivity index (χ4n) is 1.79. The Morgan fingerprint density at radius 2 is 2.10 bits per heavy atom. The van der Waals surface area contributed by atoms with Crippen LogP contribution in [0.1, 0.15) is 6.92 Å². The number of fused-ring (bicyclic) bond motifs is 1. The van der Waals surface area contributed by atoms with E-state index in [2.05, 4.69) is 20.4 Å². The molecule has 0 saturated carbocycles. The van der Waals surface area contributed by atoms with Crippen LogP contribution in [0.25, 0.3) is 10.9 Å². The molecule has 0 spiro atoms. The van der Waals surface area contributed by atoms with Crippen molar-refractivity contribution < 1.29 is 14.3 Å². The Morgan fingerprint density at radius 3 is 2.81 bits per heavy atom. The fraction of sp³-hybridized carbons (Fsp3) is 0.308. The monoisotopic (exact) mass is 290 g/mol. The molecule has 0 unspecified atom stereocenters. The van der Waals surface area contributed by atoms with E-state index < -0.39 is 23.5 Å². The number of amides is 1. The highest BCUT2D eigenvalue weighted by Crippen LogP contribution is 2.03. The third kappa shape index (κ3) is 3.22. The summed E-state index contributed by atoms with van der Waals surface area (Å²) in [7, 11) is 1.23. The second-order valence-corrected chi connectivity index (χ2v) is 4.38. The first kappa shape index (κ1) is 14.6. The predicted molar refractivity (Wildman–Crippen MR) is 73.4 cm³/mol. The number of hydrogen-bond acceptors (Lipinski definition) is 6. The number of nitrogens with zero attached hydrogens (tertiary/aromatic N) is 3. The SMILES string of the molecule is COC(=O)[C@@H](C)NC(=O)Cn1nnc2ccccc2c1=O. The highest BCUT2D eigenvalue weighted by atomic mass is 16.5. The number of carbonyl (C=O) groups excluding carboxylic acids is 2. The van der Waals surface area contributed by atoms with E-state index in [0.717, 1.165) is 4.68 Å². The Hall–Kier alpha value is -2.77. The lowest BCUT2D eigenvalue weighted by molar-refractivity contribution is -0.144. The average molecular weight is 290 g/mol. The first-order valence-corrected chi connectivity index (χ1v) is 6.22. The van der Waals surface area contributed by atoms with Crippen LogP contribution in [-0.4, -0.2) is 40.0 Å². The van der Waals surface area contributed by atoms with Gasteiger partial charge in [-0.05, 0) is 19.1 Å². The molecule has 0 saturated heterocycles. The minimum absolute atomic E-state index is 0.321.